The van der Waals surface area contributed by atoms with Crippen LogP contribution in [0.4, 0.5) is 0 Å². The predicted octanol–water partition coefficient (Wildman–Crippen LogP) is -1.57. The van der Waals surface area contributed by atoms with Crippen molar-refractivity contribution in [2.24, 2.45) is 0 Å². The predicted molar refractivity (Wildman–Crippen MR) is 62.4 cm³/mol. The zero-order valence-electron chi connectivity index (χ0n) is 9.65. The number of likely N-dealkylation sites (tertiary alicyclic amines) is 1. The van der Waals surface area contributed by atoms with E-state index < -0.39 is 10.2 Å². The van der Waals surface area contributed by atoms with E-state index >= 15 is 0 Å². The lowest BCUT2D eigenvalue weighted by Gasteiger charge is -2.28. The normalized spacial score (nSPS) is 29.7. The average Bonchev–Trinajstić information content (AvgIpc) is 2.64. The molecule has 0 spiro atoms. The van der Waals surface area contributed by atoms with Gasteiger partial charge in [-0.2, -0.15) is 17.4 Å². The van der Waals surface area contributed by atoms with Crippen LogP contribution in [-0.2, 0) is 10.2 Å². The van der Waals surface area contributed by atoms with E-state index in [2.05, 4.69) is 14.9 Å². The Hall–Kier alpha value is -0.210. The molecule has 0 aromatic carbocycles. The Bertz CT molecular complexity index is 326. The molecule has 7 heteroatoms. The number of piperazine rings is 1. The molecule has 0 amide bonds. The molecule has 2 N–H and O–H groups in total. The summed E-state index contributed by atoms with van der Waals surface area (Å²) in [6.45, 7) is 4.40. The van der Waals surface area contributed by atoms with Gasteiger partial charge in [0, 0.05) is 38.8 Å². The Labute approximate surface area is 97.2 Å². The minimum absolute atomic E-state index is 0.0740. The number of hydrogen-bond donors (Lipinski definition) is 2. The van der Waals surface area contributed by atoms with Crippen molar-refractivity contribution < 1.29 is 8.42 Å². The minimum Gasteiger partial charge on any atom is -0.314 e. The molecular formula is C9H20N4O2S. The Balaban J connectivity index is 1.91. The third kappa shape index (κ3) is 2.92. The van der Waals surface area contributed by atoms with Crippen LogP contribution in [0.1, 0.15) is 6.42 Å². The average molecular weight is 248 g/mol. The molecule has 0 radical (unpaired) electrons. The fourth-order valence-electron chi connectivity index (χ4n) is 2.20. The fourth-order valence-corrected chi connectivity index (χ4v) is 3.63. The number of likely N-dealkylation sites (N-methyl/N-ethyl adjacent to an activating group) is 1. The maximum atomic E-state index is 12.0. The summed E-state index contributed by atoms with van der Waals surface area (Å²) in [5.41, 5.74) is 0. The summed E-state index contributed by atoms with van der Waals surface area (Å²) >= 11 is 0. The summed E-state index contributed by atoms with van der Waals surface area (Å²) in [4.78, 5) is 2.14. The third-order valence-corrected chi connectivity index (χ3v) is 4.80. The van der Waals surface area contributed by atoms with Crippen LogP contribution < -0.4 is 10.0 Å². The van der Waals surface area contributed by atoms with Crippen molar-refractivity contribution in [3.63, 3.8) is 0 Å². The molecule has 0 saturated carbocycles. The molecule has 1 unspecified atom stereocenters. The molecule has 0 bridgehead atoms. The van der Waals surface area contributed by atoms with Crippen LogP contribution in [0.15, 0.2) is 0 Å². The second kappa shape index (κ2) is 4.97. The van der Waals surface area contributed by atoms with Crippen molar-refractivity contribution in [2.45, 2.75) is 12.5 Å². The Morgan fingerprint density at radius 2 is 1.94 bits per heavy atom. The summed E-state index contributed by atoms with van der Waals surface area (Å²) in [6.07, 6.45) is 0.905. The molecule has 2 fully saturated rings. The van der Waals surface area contributed by atoms with E-state index in [-0.39, 0.29) is 6.04 Å². The lowest BCUT2D eigenvalue weighted by atomic mass is 10.3. The fraction of sp³-hybridized carbons (Fsp3) is 1.00. The second-order valence-electron chi connectivity index (χ2n) is 4.52. The maximum absolute atomic E-state index is 12.0. The summed E-state index contributed by atoms with van der Waals surface area (Å²) in [6, 6.07) is 0.0740. The van der Waals surface area contributed by atoms with Gasteiger partial charge in [0.25, 0.3) is 10.2 Å². The lowest BCUT2D eigenvalue weighted by Crippen LogP contribution is -2.52. The monoisotopic (exact) mass is 248 g/mol. The van der Waals surface area contributed by atoms with Crippen LogP contribution in [0, 0.1) is 0 Å². The second-order valence-corrected chi connectivity index (χ2v) is 6.22. The number of rotatable bonds is 3. The van der Waals surface area contributed by atoms with Crippen LogP contribution in [-0.4, -0.2) is 70.0 Å². The van der Waals surface area contributed by atoms with Gasteiger partial charge in [-0.25, -0.2) is 0 Å². The largest absolute Gasteiger partial charge is 0.314 e. The molecule has 16 heavy (non-hydrogen) atoms. The topological polar surface area (TPSA) is 64.7 Å². The van der Waals surface area contributed by atoms with Crippen LogP contribution in [0.2, 0.25) is 0 Å². The van der Waals surface area contributed by atoms with E-state index in [9.17, 15) is 8.42 Å². The molecule has 6 nitrogen and oxygen atoms in total. The first-order chi connectivity index (χ1) is 7.58. The number of nitrogens with one attached hydrogen (secondary N) is 2. The molecule has 1 atom stereocenters. The van der Waals surface area contributed by atoms with E-state index in [1.807, 2.05) is 7.05 Å². The highest BCUT2D eigenvalue weighted by atomic mass is 32.2. The Morgan fingerprint density at radius 1 is 1.25 bits per heavy atom. The molecule has 2 aliphatic rings. The van der Waals surface area contributed by atoms with Crippen LogP contribution in [0.5, 0.6) is 0 Å². The molecular weight excluding hydrogens is 228 g/mol. The molecule has 94 valence electrons. The quantitative estimate of drug-likeness (QED) is 0.633. The summed E-state index contributed by atoms with van der Waals surface area (Å²) in [5, 5.41) is 3.15. The van der Waals surface area contributed by atoms with Crippen molar-refractivity contribution >= 4 is 10.2 Å². The molecule has 0 aromatic heterocycles. The van der Waals surface area contributed by atoms with Crippen molar-refractivity contribution in [1.29, 1.82) is 0 Å². The Morgan fingerprint density at radius 3 is 2.50 bits per heavy atom. The minimum atomic E-state index is -3.27. The van der Waals surface area contributed by atoms with E-state index in [1.54, 1.807) is 0 Å². The lowest BCUT2D eigenvalue weighted by molar-refractivity contribution is 0.349. The molecule has 2 aliphatic heterocycles. The molecule has 0 aromatic rings. The standard InChI is InChI=1S/C9H20N4O2S/c1-12-5-2-9(8-12)11-16(14,15)13-6-3-10-4-7-13/h9-11H,2-8H2,1H3. The molecule has 2 saturated heterocycles. The van der Waals surface area contributed by atoms with E-state index in [4.69, 9.17) is 0 Å². The first kappa shape index (κ1) is 12.3. The van der Waals surface area contributed by atoms with Gasteiger partial charge in [-0.05, 0) is 20.0 Å². The SMILES string of the molecule is CN1CCC(NS(=O)(=O)N2CCNCC2)C1. The van der Waals surface area contributed by atoms with Gasteiger partial charge < -0.3 is 10.2 Å². The van der Waals surface area contributed by atoms with Crippen molar-refractivity contribution in [2.75, 3.05) is 46.3 Å². The van der Waals surface area contributed by atoms with Gasteiger partial charge in [-0.1, -0.05) is 0 Å². The molecule has 2 rings (SSSR count). The third-order valence-electron chi connectivity index (χ3n) is 3.12. The van der Waals surface area contributed by atoms with Gasteiger partial charge in [0.05, 0.1) is 0 Å². The summed E-state index contributed by atoms with van der Waals surface area (Å²) < 4.78 is 28.3. The number of nitrogens with zero attached hydrogens (tertiary/aromatic N) is 2. The Kier molecular flexibility index (Phi) is 3.81. The summed E-state index contributed by atoms with van der Waals surface area (Å²) in [7, 11) is -1.26. The van der Waals surface area contributed by atoms with E-state index in [1.165, 1.54) is 4.31 Å². The van der Waals surface area contributed by atoms with Gasteiger partial charge in [0.2, 0.25) is 0 Å². The highest BCUT2D eigenvalue weighted by Crippen LogP contribution is 2.09. The smallest absolute Gasteiger partial charge is 0.279 e. The maximum Gasteiger partial charge on any atom is 0.279 e. The van der Waals surface area contributed by atoms with Gasteiger partial charge in [-0.15, -0.1) is 0 Å². The van der Waals surface area contributed by atoms with Gasteiger partial charge in [-0.3, -0.25) is 0 Å². The van der Waals surface area contributed by atoms with E-state index in [0.717, 1.165) is 32.6 Å². The van der Waals surface area contributed by atoms with Crippen LogP contribution in [0.25, 0.3) is 0 Å². The van der Waals surface area contributed by atoms with Crippen molar-refractivity contribution in [1.82, 2.24) is 19.2 Å². The van der Waals surface area contributed by atoms with Gasteiger partial charge in [0.1, 0.15) is 0 Å². The van der Waals surface area contributed by atoms with Crippen LogP contribution in [0.3, 0.4) is 0 Å². The van der Waals surface area contributed by atoms with Crippen molar-refractivity contribution in [3.05, 3.63) is 0 Å². The summed E-state index contributed by atoms with van der Waals surface area (Å²) in [5.74, 6) is 0. The zero-order valence-corrected chi connectivity index (χ0v) is 10.5. The van der Waals surface area contributed by atoms with Crippen molar-refractivity contribution in [3.8, 4) is 0 Å². The van der Waals surface area contributed by atoms with E-state index in [0.29, 0.717) is 13.1 Å². The molecule has 2 heterocycles. The molecule has 0 aliphatic carbocycles. The van der Waals surface area contributed by atoms with Crippen LogP contribution >= 0.6 is 0 Å². The zero-order chi connectivity index (χ0) is 11.6. The highest BCUT2D eigenvalue weighted by molar-refractivity contribution is 7.87. The number of hydrogen-bond acceptors (Lipinski definition) is 4. The first-order valence-electron chi connectivity index (χ1n) is 5.74. The first-order valence-corrected chi connectivity index (χ1v) is 7.18. The highest BCUT2D eigenvalue weighted by Gasteiger charge is 2.29. The van der Waals surface area contributed by atoms with Gasteiger partial charge >= 0.3 is 0 Å². The van der Waals surface area contributed by atoms with Gasteiger partial charge in [0.15, 0.2) is 0 Å².